The van der Waals surface area contributed by atoms with Crippen LogP contribution in [0.25, 0.3) is 0 Å². The largest absolute Gasteiger partial charge is 0.444 e. The first kappa shape index (κ1) is 22.7. The summed E-state index contributed by atoms with van der Waals surface area (Å²) >= 11 is 0. The van der Waals surface area contributed by atoms with E-state index in [0.29, 0.717) is 19.0 Å². The summed E-state index contributed by atoms with van der Waals surface area (Å²) in [7, 11) is 1.92. The van der Waals surface area contributed by atoms with E-state index in [1.165, 1.54) is 0 Å². The zero-order chi connectivity index (χ0) is 20.4. The summed E-state index contributed by atoms with van der Waals surface area (Å²) in [5.41, 5.74) is -0.515. The third-order valence-electron chi connectivity index (χ3n) is 3.78. The molecule has 1 aromatic heterocycles. The highest BCUT2D eigenvalue weighted by Crippen LogP contribution is 2.07. The summed E-state index contributed by atoms with van der Waals surface area (Å²) in [6, 6.07) is -0.0502. The van der Waals surface area contributed by atoms with Crippen molar-refractivity contribution in [2.24, 2.45) is 12.0 Å². The molecule has 0 aliphatic rings. The van der Waals surface area contributed by atoms with Crippen molar-refractivity contribution in [1.29, 1.82) is 0 Å². The highest BCUT2D eigenvalue weighted by atomic mass is 16.6. The van der Waals surface area contributed by atoms with Crippen molar-refractivity contribution in [3.05, 3.63) is 11.6 Å². The monoisotopic (exact) mass is 381 g/mol. The van der Waals surface area contributed by atoms with Crippen molar-refractivity contribution in [3.63, 3.8) is 0 Å². The number of amides is 1. The molecule has 0 fully saturated rings. The zero-order valence-electron chi connectivity index (χ0n) is 17.7. The Morgan fingerprint density at radius 3 is 2.48 bits per heavy atom. The summed E-state index contributed by atoms with van der Waals surface area (Å²) in [6.45, 7) is 13.3. The fourth-order valence-electron chi connectivity index (χ4n) is 2.35. The number of aryl methyl sites for hydroxylation is 1. The molecule has 1 unspecified atom stereocenters. The maximum atomic E-state index is 12.0. The molecule has 1 heterocycles. The van der Waals surface area contributed by atoms with Crippen molar-refractivity contribution < 1.29 is 9.53 Å². The van der Waals surface area contributed by atoms with Crippen LogP contribution in [-0.4, -0.2) is 51.5 Å². The average Bonchev–Trinajstić information content (AvgIpc) is 2.87. The molecule has 9 heteroatoms. The van der Waals surface area contributed by atoms with Crippen molar-refractivity contribution >= 4 is 12.1 Å². The molecular formula is C18H35N7O2. The van der Waals surface area contributed by atoms with E-state index < -0.39 is 11.7 Å². The Hall–Kier alpha value is -2.32. The van der Waals surface area contributed by atoms with Gasteiger partial charge in [-0.25, -0.2) is 9.79 Å². The van der Waals surface area contributed by atoms with Gasteiger partial charge in [-0.2, -0.15) is 0 Å². The molecule has 0 saturated heterocycles. The Labute approximate surface area is 162 Å². The standard InChI is InChI=1S/C18H35N7O2/c1-8-10-14(22-17(26)27-18(4,5)6)11-20-16(19-9-2)21-12-15-24-23-13(3)25(15)7/h14H,8-12H2,1-7H3,(H,22,26)(H2,19,20,21). The summed E-state index contributed by atoms with van der Waals surface area (Å²) in [5.74, 6) is 2.31. The first-order valence-corrected chi connectivity index (χ1v) is 9.52. The van der Waals surface area contributed by atoms with Gasteiger partial charge in [-0.05, 0) is 41.0 Å². The number of ether oxygens (including phenoxy) is 1. The molecule has 1 atom stereocenters. The fourth-order valence-corrected chi connectivity index (χ4v) is 2.35. The minimum atomic E-state index is -0.515. The summed E-state index contributed by atoms with van der Waals surface area (Å²) in [6.07, 6.45) is 1.39. The van der Waals surface area contributed by atoms with Crippen molar-refractivity contribution in [2.75, 3.05) is 13.1 Å². The van der Waals surface area contributed by atoms with E-state index in [1.807, 2.05) is 46.2 Å². The molecular weight excluding hydrogens is 346 g/mol. The van der Waals surface area contributed by atoms with Crippen molar-refractivity contribution in [2.45, 2.75) is 72.6 Å². The number of aromatic nitrogens is 3. The molecule has 1 aromatic rings. The van der Waals surface area contributed by atoms with Crippen LogP contribution in [0.15, 0.2) is 4.99 Å². The fraction of sp³-hybridized carbons (Fsp3) is 0.778. The molecule has 3 N–H and O–H groups in total. The molecule has 0 aliphatic carbocycles. The Bertz CT molecular complexity index is 620. The molecule has 0 saturated carbocycles. The molecule has 1 rings (SSSR count). The maximum absolute atomic E-state index is 12.0. The van der Waals surface area contributed by atoms with E-state index in [9.17, 15) is 4.79 Å². The average molecular weight is 382 g/mol. The van der Waals surface area contributed by atoms with E-state index in [2.05, 4.69) is 38.1 Å². The van der Waals surface area contributed by atoms with Gasteiger partial charge in [0.2, 0.25) is 0 Å². The van der Waals surface area contributed by atoms with Gasteiger partial charge in [0.25, 0.3) is 0 Å². The number of carbonyl (C=O) groups is 1. The second-order valence-corrected chi connectivity index (χ2v) is 7.43. The maximum Gasteiger partial charge on any atom is 0.407 e. The lowest BCUT2D eigenvalue weighted by atomic mass is 10.1. The first-order chi connectivity index (χ1) is 12.7. The van der Waals surface area contributed by atoms with Gasteiger partial charge >= 0.3 is 6.09 Å². The van der Waals surface area contributed by atoms with Gasteiger partial charge < -0.3 is 25.3 Å². The number of aliphatic imine (C=N–C) groups is 1. The smallest absolute Gasteiger partial charge is 0.407 e. The quantitative estimate of drug-likeness (QED) is 0.469. The van der Waals surface area contributed by atoms with Crippen LogP contribution in [0.4, 0.5) is 4.79 Å². The van der Waals surface area contributed by atoms with E-state index in [0.717, 1.165) is 31.0 Å². The van der Waals surface area contributed by atoms with Gasteiger partial charge in [0.05, 0.1) is 0 Å². The molecule has 154 valence electrons. The second-order valence-electron chi connectivity index (χ2n) is 7.43. The zero-order valence-corrected chi connectivity index (χ0v) is 17.7. The third kappa shape index (κ3) is 8.74. The first-order valence-electron chi connectivity index (χ1n) is 9.52. The number of nitrogens with one attached hydrogen (secondary N) is 3. The number of hydrogen-bond donors (Lipinski definition) is 3. The number of alkyl carbamates (subject to hydrolysis) is 1. The molecule has 1 amide bonds. The number of rotatable bonds is 8. The minimum absolute atomic E-state index is 0.0502. The van der Waals surface area contributed by atoms with E-state index in [1.54, 1.807) is 0 Å². The highest BCUT2D eigenvalue weighted by molar-refractivity contribution is 5.79. The van der Waals surface area contributed by atoms with Gasteiger partial charge in [0, 0.05) is 26.2 Å². The van der Waals surface area contributed by atoms with Gasteiger partial charge in [-0.15, -0.1) is 10.2 Å². The predicted molar refractivity (Wildman–Crippen MR) is 107 cm³/mol. The number of nitrogens with zero attached hydrogens (tertiary/aromatic N) is 4. The van der Waals surface area contributed by atoms with Crippen molar-refractivity contribution in [1.82, 2.24) is 30.7 Å². The van der Waals surface area contributed by atoms with Crippen LogP contribution in [0, 0.1) is 6.92 Å². The molecule has 27 heavy (non-hydrogen) atoms. The van der Waals surface area contributed by atoms with E-state index >= 15 is 0 Å². The summed E-state index contributed by atoms with van der Waals surface area (Å²) < 4.78 is 7.26. The SMILES string of the molecule is CCCC(CNC(=NCc1nnc(C)n1C)NCC)NC(=O)OC(C)(C)C. The van der Waals surface area contributed by atoms with Gasteiger partial charge in [-0.1, -0.05) is 13.3 Å². The molecule has 9 nitrogen and oxygen atoms in total. The van der Waals surface area contributed by atoms with Crippen LogP contribution >= 0.6 is 0 Å². The van der Waals surface area contributed by atoms with Crippen LogP contribution in [0.2, 0.25) is 0 Å². The lowest BCUT2D eigenvalue weighted by Gasteiger charge is -2.24. The van der Waals surface area contributed by atoms with Gasteiger partial charge in [0.15, 0.2) is 11.8 Å². The van der Waals surface area contributed by atoms with Crippen LogP contribution in [0.5, 0.6) is 0 Å². The Balaban J connectivity index is 2.66. The number of guanidine groups is 1. The number of hydrogen-bond acceptors (Lipinski definition) is 5. The van der Waals surface area contributed by atoms with Crippen LogP contribution < -0.4 is 16.0 Å². The second kappa shape index (κ2) is 10.7. The van der Waals surface area contributed by atoms with Crippen LogP contribution in [-0.2, 0) is 18.3 Å². The van der Waals surface area contributed by atoms with Crippen molar-refractivity contribution in [3.8, 4) is 0 Å². The molecule has 0 spiro atoms. The molecule has 0 aliphatic heterocycles. The third-order valence-corrected chi connectivity index (χ3v) is 3.78. The normalized spacial score (nSPS) is 13.2. The van der Waals surface area contributed by atoms with Gasteiger partial charge in [-0.3, -0.25) is 0 Å². The lowest BCUT2D eigenvalue weighted by Crippen LogP contribution is -2.48. The van der Waals surface area contributed by atoms with Crippen LogP contribution in [0.3, 0.4) is 0 Å². The van der Waals surface area contributed by atoms with E-state index in [4.69, 9.17) is 4.74 Å². The lowest BCUT2D eigenvalue weighted by molar-refractivity contribution is 0.0502. The topological polar surface area (TPSA) is 105 Å². The summed E-state index contributed by atoms with van der Waals surface area (Å²) in [5, 5.41) is 17.6. The van der Waals surface area contributed by atoms with E-state index in [-0.39, 0.29) is 6.04 Å². The summed E-state index contributed by atoms with van der Waals surface area (Å²) in [4.78, 5) is 16.6. The Morgan fingerprint density at radius 2 is 1.96 bits per heavy atom. The predicted octanol–water partition coefficient (Wildman–Crippen LogP) is 1.87. The molecule has 0 aromatic carbocycles. The Kier molecular flexibility index (Phi) is 9.04. The Morgan fingerprint density at radius 1 is 1.26 bits per heavy atom. The molecule has 0 bridgehead atoms. The molecule has 0 radical (unpaired) electrons. The number of carbonyl (C=O) groups excluding carboxylic acids is 1. The highest BCUT2D eigenvalue weighted by Gasteiger charge is 2.19. The minimum Gasteiger partial charge on any atom is -0.444 e. The van der Waals surface area contributed by atoms with Gasteiger partial charge in [0.1, 0.15) is 18.0 Å². The van der Waals surface area contributed by atoms with Crippen LogP contribution in [0.1, 0.15) is 59.1 Å².